The van der Waals surface area contributed by atoms with Crippen LogP contribution in [0.25, 0.3) is 0 Å². The fraction of sp³-hybridized carbons (Fsp3) is 0.524. The highest BCUT2D eigenvalue weighted by atomic mass is 16.5. The van der Waals surface area contributed by atoms with Gasteiger partial charge in [-0.1, -0.05) is 6.07 Å². The number of nitrogens with one attached hydrogen (secondary N) is 1. The van der Waals surface area contributed by atoms with Crippen LogP contribution in [-0.2, 0) is 18.4 Å². The lowest BCUT2D eigenvalue weighted by Crippen LogP contribution is -2.35. The summed E-state index contributed by atoms with van der Waals surface area (Å²) in [7, 11) is 5.36. The zero-order valence-corrected chi connectivity index (χ0v) is 17.9. The highest BCUT2D eigenvalue weighted by molar-refractivity contribution is 5.80. The molecule has 0 fully saturated rings. The molecule has 1 aromatic heterocycles. The molecule has 7 heteroatoms. The van der Waals surface area contributed by atoms with Crippen LogP contribution in [0.3, 0.4) is 0 Å². The van der Waals surface area contributed by atoms with Gasteiger partial charge in [0.15, 0.2) is 17.6 Å². The summed E-state index contributed by atoms with van der Waals surface area (Å²) in [6.07, 6.45) is 1.46. The minimum atomic E-state index is -0.577. The zero-order valence-electron chi connectivity index (χ0n) is 17.9. The molecule has 0 radical (unpaired) electrons. The lowest BCUT2D eigenvalue weighted by molar-refractivity contribution is -0.135. The van der Waals surface area contributed by atoms with Crippen LogP contribution < -0.4 is 14.8 Å². The average Bonchev–Trinajstić information content (AvgIpc) is 2.99. The fourth-order valence-corrected chi connectivity index (χ4v) is 3.06. The molecule has 0 saturated heterocycles. The third-order valence-electron chi connectivity index (χ3n) is 4.53. The third-order valence-corrected chi connectivity index (χ3v) is 4.53. The van der Waals surface area contributed by atoms with E-state index in [0.29, 0.717) is 24.7 Å². The summed E-state index contributed by atoms with van der Waals surface area (Å²) in [6, 6.07) is 5.99. The quantitative estimate of drug-likeness (QED) is 0.715. The third kappa shape index (κ3) is 5.48. The summed E-state index contributed by atoms with van der Waals surface area (Å²) < 4.78 is 13.4. The first kappa shape index (κ1) is 21.8. The van der Waals surface area contributed by atoms with E-state index in [9.17, 15) is 4.79 Å². The number of aryl methyl sites for hydroxylation is 2. The SMILES string of the molecule is CCOc1cc(CNC(C)c2cn(C)nc2C)ccc1OC(C)C(=O)N(C)C. The summed E-state index contributed by atoms with van der Waals surface area (Å²) >= 11 is 0. The molecule has 2 rings (SSSR count). The van der Waals surface area contributed by atoms with Crippen molar-refractivity contribution in [3.8, 4) is 11.5 Å². The zero-order chi connectivity index (χ0) is 20.8. The standard InChI is InChI=1S/C21H32N4O3/c1-8-27-20-11-17(9-10-19(20)28-16(4)21(26)24(5)6)12-22-14(2)18-13-25(7)23-15(18)3/h9-11,13-14,16,22H,8,12H2,1-7H3. The molecule has 2 unspecified atom stereocenters. The minimum Gasteiger partial charge on any atom is -0.490 e. The van der Waals surface area contributed by atoms with Gasteiger partial charge in [-0.25, -0.2) is 0 Å². The molecule has 28 heavy (non-hydrogen) atoms. The molecule has 7 nitrogen and oxygen atoms in total. The van der Waals surface area contributed by atoms with Crippen LogP contribution in [0.15, 0.2) is 24.4 Å². The molecule has 2 atom stereocenters. The molecule has 0 aliphatic heterocycles. The molecule has 2 aromatic rings. The van der Waals surface area contributed by atoms with Crippen LogP contribution in [-0.4, -0.2) is 47.4 Å². The molecule has 154 valence electrons. The number of hydrogen-bond donors (Lipinski definition) is 1. The van der Waals surface area contributed by atoms with Crippen LogP contribution in [0.2, 0.25) is 0 Å². The number of likely N-dealkylation sites (N-methyl/N-ethyl adjacent to an activating group) is 1. The second-order valence-electron chi connectivity index (χ2n) is 7.15. The van der Waals surface area contributed by atoms with E-state index >= 15 is 0 Å². The van der Waals surface area contributed by atoms with Crippen LogP contribution >= 0.6 is 0 Å². The monoisotopic (exact) mass is 388 g/mol. The summed E-state index contributed by atoms with van der Waals surface area (Å²) in [4.78, 5) is 13.6. The van der Waals surface area contributed by atoms with Gasteiger partial charge in [-0.2, -0.15) is 5.10 Å². The maximum Gasteiger partial charge on any atom is 0.262 e. The second kappa shape index (κ2) is 9.59. The van der Waals surface area contributed by atoms with Gasteiger partial charge in [0.1, 0.15) is 0 Å². The van der Waals surface area contributed by atoms with Gasteiger partial charge in [-0.05, 0) is 45.4 Å². The van der Waals surface area contributed by atoms with Crippen molar-refractivity contribution >= 4 is 5.91 Å². The topological polar surface area (TPSA) is 68.6 Å². The van der Waals surface area contributed by atoms with E-state index in [1.165, 1.54) is 10.5 Å². The number of aromatic nitrogens is 2. The molecule has 1 N–H and O–H groups in total. The van der Waals surface area contributed by atoms with Gasteiger partial charge in [0, 0.05) is 45.5 Å². The van der Waals surface area contributed by atoms with E-state index < -0.39 is 6.10 Å². The van der Waals surface area contributed by atoms with Crippen LogP contribution in [0.4, 0.5) is 0 Å². The van der Waals surface area contributed by atoms with E-state index in [1.807, 2.05) is 50.0 Å². The second-order valence-corrected chi connectivity index (χ2v) is 7.15. The summed E-state index contributed by atoms with van der Waals surface area (Å²) in [6.45, 7) is 9.01. The van der Waals surface area contributed by atoms with Crippen LogP contribution in [0, 0.1) is 6.92 Å². The van der Waals surface area contributed by atoms with Gasteiger partial charge in [-0.15, -0.1) is 0 Å². The lowest BCUT2D eigenvalue weighted by Gasteiger charge is -2.20. The number of benzene rings is 1. The van der Waals surface area contributed by atoms with Crippen molar-refractivity contribution in [1.82, 2.24) is 20.0 Å². The average molecular weight is 389 g/mol. The Labute approximate surface area is 167 Å². The summed E-state index contributed by atoms with van der Waals surface area (Å²) in [5.41, 5.74) is 3.29. The first-order valence-corrected chi connectivity index (χ1v) is 9.60. The molecule has 0 aliphatic carbocycles. The van der Waals surface area contributed by atoms with Crippen molar-refractivity contribution in [2.75, 3.05) is 20.7 Å². The molecule has 0 saturated carbocycles. The van der Waals surface area contributed by atoms with Gasteiger partial charge in [0.2, 0.25) is 0 Å². The van der Waals surface area contributed by atoms with Gasteiger partial charge < -0.3 is 19.7 Å². The summed E-state index contributed by atoms with van der Waals surface area (Å²) in [5.74, 6) is 1.13. The lowest BCUT2D eigenvalue weighted by atomic mass is 10.1. The number of carbonyl (C=O) groups excluding carboxylic acids is 1. The Balaban J connectivity index is 2.08. The van der Waals surface area contributed by atoms with Gasteiger partial charge in [0.25, 0.3) is 5.91 Å². The molecule has 1 heterocycles. The number of nitrogens with zero attached hydrogens (tertiary/aromatic N) is 3. The predicted molar refractivity (Wildman–Crippen MR) is 110 cm³/mol. The largest absolute Gasteiger partial charge is 0.490 e. The first-order chi connectivity index (χ1) is 13.2. The molecule has 1 amide bonds. The Morgan fingerprint density at radius 3 is 2.57 bits per heavy atom. The first-order valence-electron chi connectivity index (χ1n) is 9.60. The van der Waals surface area contributed by atoms with E-state index in [1.54, 1.807) is 21.0 Å². The smallest absolute Gasteiger partial charge is 0.262 e. The van der Waals surface area contributed by atoms with Crippen LogP contribution in [0.5, 0.6) is 11.5 Å². The Morgan fingerprint density at radius 2 is 2.00 bits per heavy atom. The highest BCUT2D eigenvalue weighted by Crippen LogP contribution is 2.30. The van der Waals surface area contributed by atoms with Gasteiger partial charge >= 0.3 is 0 Å². The Bertz CT molecular complexity index is 801. The Morgan fingerprint density at radius 1 is 1.29 bits per heavy atom. The number of hydrogen-bond acceptors (Lipinski definition) is 5. The van der Waals surface area contributed by atoms with Crippen molar-refractivity contribution in [2.45, 2.75) is 46.4 Å². The van der Waals surface area contributed by atoms with Crippen molar-refractivity contribution in [3.05, 3.63) is 41.2 Å². The number of amides is 1. The number of carbonyl (C=O) groups is 1. The van der Waals surface area contributed by atoms with E-state index in [0.717, 1.165) is 11.3 Å². The molecular weight excluding hydrogens is 356 g/mol. The minimum absolute atomic E-state index is 0.0890. The van der Waals surface area contributed by atoms with Crippen molar-refractivity contribution < 1.29 is 14.3 Å². The number of ether oxygens (including phenoxy) is 2. The van der Waals surface area contributed by atoms with Gasteiger partial charge in [-0.3, -0.25) is 9.48 Å². The Hall–Kier alpha value is -2.54. The van der Waals surface area contributed by atoms with Gasteiger partial charge in [0.05, 0.1) is 12.3 Å². The van der Waals surface area contributed by atoms with Crippen molar-refractivity contribution in [2.24, 2.45) is 7.05 Å². The molecular formula is C21H32N4O3. The molecule has 0 bridgehead atoms. The summed E-state index contributed by atoms with van der Waals surface area (Å²) in [5, 5.41) is 7.92. The predicted octanol–water partition coefficient (Wildman–Crippen LogP) is 2.83. The fourth-order valence-electron chi connectivity index (χ4n) is 3.06. The maximum atomic E-state index is 12.1. The molecule has 0 aliphatic rings. The highest BCUT2D eigenvalue weighted by Gasteiger charge is 2.19. The van der Waals surface area contributed by atoms with E-state index in [-0.39, 0.29) is 11.9 Å². The van der Waals surface area contributed by atoms with E-state index in [2.05, 4.69) is 17.3 Å². The molecule has 0 spiro atoms. The normalized spacial score (nSPS) is 13.1. The maximum absolute atomic E-state index is 12.1. The van der Waals surface area contributed by atoms with Crippen LogP contribution in [0.1, 0.15) is 43.6 Å². The van der Waals surface area contributed by atoms with Crippen molar-refractivity contribution in [3.63, 3.8) is 0 Å². The number of rotatable bonds is 9. The molecule has 1 aromatic carbocycles. The van der Waals surface area contributed by atoms with Crippen molar-refractivity contribution in [1.29, 1.82) is 0 Å². The van der Waals surface area contributed by atoms with E-state index in [4.69, 9.17) is 9.47 Å². The Kier molecular flexibility index (Phi) is 7.45.